The normalized spacial score (nSPS) is 34.1. The smallest absolute Gasteiger partial charge is 0.349 e. The SMILES string of the molecule is C[N+](C)(C)C1C[C@H](OC(=O)C(O)(c2cccs2)c2cccs2)C[C@]12C[C@@H]1O[C@H]12. The van der Waals surface area contributed by atoms with E-state index in [9.17, 15) is 9.90 Å². The highest BCUT2D eigenvalue weighted by Crippen LogP contribution is 2.65. The first-order valence-corrected chi connectivity index (χ1v) is 11.5. The molecule has 1 unspecified atom stereocenters. The number of hydrogen-bond donors (Lipinski definition) is 1. The Morgan fingerprint density at radius 3 is 2.29 bits per heavy atom. The van der Waals surface area contributed by atoms with E-state index in [1.165, 1.54) is 22.7 Å². The summed E-state index contributed by atoms with van der Waals surface area (Å²) in [6.45, 7) is 0. The summed E-state index contributed by atoms with van der Waals surface area (Å²) in [4.78, 5) is 14.5. The molecule has 1 N–H and O–H groups in total. The zero-order chi connectivity index (χ0) is 19.7. The van der Waals surface area contributed by atoms with Crippen LogP contribution >= 0.6 is 22.7 Å². The van der Waals surface area contributed by atoms with Gasteiger partial charge in [-0.3, -0.25) is 0 Å². The predicted octanol–water partition coefficient (Wildman–Crippen LogP) is 2.98. The van der Waals surface area contributed by atoms with Gasteiger partial charge in [-0.15, -0.1) is 22.7 Å². The van der Waals surface area contributed by atoms with Gasteiger partial charge in [-0.25, -0.2) is 4.79 Å². The van der Waals surface area contributed by atoms with Crippen LogP contribution in [0.3, 0.4) is 0 Å². The fourth-order valence-corrected chi connectivity index (χ4v) is 7.21. The van der Waals surface area contributed by atoms with Crippen LogP contribution < -0.4 is 0 Å². The maximum Gasteiger partial charge on any atom is 0.349 e. The van der Waals surface area contributed by atoms with Gasteiger partial charge in [0.1, 0.15) is 12.1 Å². The van der Waals surface area contributed by atoms with Gasteiger partial charge in [-0.05, 0) is 35.7 Å². The minimum Gasteiger partial charge on any atom is -0.459 e. The van der Waals surface area contributed by atoms with Crippen molar-refractivity contribution in [3.8, 4) is 0 Å². The molecule has 5 rings (SSSR count). The minimum absolute atomic E-state index is 0.109. The van der Waals surface area contributed by atoms with Crippen molar-refractivity contribution in [2.24, 2.45) is 5.41 Å². The zero-order valence-corrected chi connectivity index (χ0v) is 18.0. The van der Waals surface area contributed by atoms with E-state index in [-0.39, 0.29) is 11.5 Å². The van der Waals surface area contributed by atoms with Crippen LogP contribution in [0.15, 0.2) is 35.0 Å². The van der Waals surface area contributed by atoms with Crippen molar-refractivity contribution in [2.75, 3.05) is 21.1 Å². The topological polar surface area (TPSA) is 59.1 Å². The Labute approximate surface area is 173 Å². The molecule has 2 aromatic rings. The molecule has 0 amide bonds. The summed E-state index contributed by atoms with van der Waals surface area (Å²) in [6, 6.07) is 7.69. The highest BCUT2D eigenvalue weighted by Gasteiger charge is 2.75. The Kier molecular flexibility index (Phi) is 4.10. The number of aliphatic hydroxyl groups is 1. The molecule has 150 valence electrons. The molecule has 1 aliphatic heterocycles. The molecule has 0 radical (unpaired) electrons. The van der Waals surface area contributed by atoms with Crippen LogP contribution in [0.2, 0.25) is 0 Å². The number of carbonyl (C=O) groups is 1. The molecule has 5 atom stereocenters. The van der Waals surface area contributed by atoms with Crippen molar-refractivity contribution in [2.45, 2.75) is 49.2 Å². The van der Waals surface area contributed by atoms with E-state index in [2.05, 4.69) is 21.1 Å². The average molecular weight is 421 g/mol. The quantitative estimate of drug-likeness (QED) is 0.459. The Hall–Kier alpha value is -1.25. The number of carbonyl (C=O) groups excluding carboxylic acids is 1. The van der Waals surface area contributed by atoms with E-state index < -0.39 is 11.6 Å². The number of rotatable bonds is 5. The number of thiophene rings is 2. The fraction of sp³-hybridized carbons (Fsp3) is 0.571. The van der Waals surface area contributed by atoms with Gasteiger partial charge in [0.05, 0.1) is 48.5 Å². The van der Waals surface area contributed by atoms with Crippen LogP contribution in [-0.2, 0) is 19.9 Å². The lowest BCUT2D eigenvalue weighted by molar-refractivity contribution is -0.903. The van der Waals surface area contributed by atoms with Crippen molar-refractivity contribution in [3.05, 3.63) is 44.8 Å². The molecule has 5 nitrogen and oxygen atoms in total. The monoisotopic (exact) mass is 420 g/mol. The predicted molar refractivity (Wildman–Crippen MR) is 108 cm³/mol. The average Bonchev–Trinajstić information content (AvgIpc) is 3.16. The van der Waals surface area contributed by atoms with Crippen LogP contribution in [0.4, 0.5) is 0 Å². The third-order valence-corrected chi connectivity index (χ3v) is 8.70. The lowest BCUT2D eigenvalue weighted by Gasteiger charge is -2.45. The molecule has 7 heteroatoms. The van der Waals surface area contributed by atoms with Crippen molar-refractivity contribution < 1.29 is 23.9 Å². The van der Waals surface area contributed by atoms with Gasteiger partial charge in [0.15, 0.2) is 0 Å². The number of nitrogens with zero attached hydrogens (tertiary/aromatic N) is 1. The van der Waals surface area contributed by atoms with Crippen LogP contribution in [0, 0.1) is 5.41 Å². The van der Waals surface area contributed by atoms with Gasteiger partial charge in [0.25, 0.3) is 0 Å². The number of esters is 1. The van der Waals surface area contributed by atoms with Gasteiger partial charge in [-0.1, -0.05) is 12.1 Å². The van der Waals surface area contributed by atoms with Gasteiger partial charge < -0.3 is 19.1 Å². The van der Waals surface area contributed by atoms with Gasteiger partial charge in [0, 0.05) is 6.42 Å². The van der Waals surface area contributed by atoms with Crippen molar-refractivity contribution >= 4 is 28.6 Å². The molecule has 3 heterocycles. The van der Waals surface area contributed by atoms with Crippen LogP contribution in [0.1, 0.15) is 29.0 Å². The van der Waals surface area contributed by atoms with Gasteiger partial charge in [-0.2, -0.15) is 0 Å². The second-order valence-corrected chi connectivity index (χ2v) is 11.2. The molecule has 1 saturated heterocycles. The molecule has 3 aliphatic rings. The Bertz CT molecular complexity index is 839. The summed E-state index contributed by atoms with van der Waals surface area (Å²) in [7, 11) is 6.62. The number of hydrogen-bond acceptors (Lipinski definition) is 6. The maximum atomic E-state index is 13.3. The first-order valence-electron chi connectivity index (χ1n) is 9.73. The van der Waals surface area contributed by atoms with E-state index in [1.807, 2.05) is 22.9 Å². The first kappa shape index (κ1) is 18.8. The summed E-state index contributed by atoms with van der Waals surface area (Å²) in [6.07, 6.45) is 3.25. The van der Waals surface area contributed by atoms with Crippen LogP contribution in [0.25, 0.3) is 0 Å². The molecule has 0 aromatic carbocycles. The summed E-state index contributed by atoms with van der Waals surface area (Å²) < 4.78 is 12.7. The standard InChI is InChI=1S/C21H26NO4S2/c1-22(2,3)15-10-13(11-20(15)12-14-18(20)26-14)25-19(23)21(24,16-6-4-8-27-16)17-7-5-9-28-17/h4-9,13-15,18,24H,10-12H2,1-3H3/q+1/t13-,14-,15?,18+,20-/m0/s1. The Morgan fingerprint density at radius 1 is 1.21 bits per heavy atom. The molecular weight excluding hydrogens is 394 g/mol. The number of ether oxygens (including phenoxy) is 2. The minimum atomic E-state index is -1.73. The second-order valence-electron chi connectivity index (χ2n) is 9.30. The van der Waals surface area contributed by atoms with Crippen molar-refractivity contribution in [1.82, 2.24) is 0 Å². The van der Waals surface area contributed by atoms with E-state index in [1.54, 1.807) is 12.1 Å². The Balaban J connectivity index is 1.40. The highest BCUT2D eigenvalue weighted by molar-refractivity contribution is 7.12. The maximum absolute atomic E-state index is 13.3. The van der Waals surface area contributed by atoms with Crippen molar-refractivity contribution in [1.29, 1.82) is 0 Å². The van der Waals surface area contributed by atoms with Gasteiger partial charge in [0.2, 0.25) is 5.60 Å². The lowest BCUT2D eigenvalue weighted by atomic mass is 9.64. The zero-order valence-electron chi connectivity index (χ0n) is 16.3. The number of fused-ring (bicyclic) bond motifs is 2. The molecular formula is C21H26NO4S2+. The molecule has 3 fully saturated rings. The third kappa shape index (κ3) is 2.64. The molecule has 2 aliphatic carbocycles. The van der Waals surface area contributed by atoms with Gasteiger partial charge >= 0.3 is 5.97 Å². The second kappa shape index (κ2) is 6.12. The Morgan fingerprint density at radius 2 is 1.86 bits per heavy atom. The molecule has 2 aromatic heterocycles. The first-order chi connectivity index (χ1) is 13.2. The highest BCUT2D eigenvalue weighted by atomic mass is 32.1. The van der Waals surface area contributed by atoms with E-state index >= 15 is 0 Å². The summed E-state index contributed by atoms with van der Waals surface area (Å²) in [5.74, 6) is -0.563. The summed E-state index contributed by atoms with van der Waals surface area (Å²) in [5, 5.41) is 15.2. The van der Waals surface area contributed by atoms with Crippen LogP contribution in [0.5, 0.6) is 0 Å². The summed E-state index contributed by atoms with van der Waals surface area (Å²) in [5.41, 5.74) is -1.62. The fourth-order valence-electron chi connectivity index (χ4n) is 5.49. The lowest BCUT2D eigenvalue weighted by Crippen LogP contribution is -2.58. The number of quaternary nitrogens is 1. The molecule has 2 saturated carbocycles. The van der Waals surface area contributed by atoms with E-state index in [0.29, 0.717) is 28.0 Å². The van der Waals surface area contributed by atoms with E-state index in [0.717, 1.165) is 23.7 Å². The van der Waals surface area contributed by atoms with E-state index in [4.69, 9.17) is 9.47 Å². The van der Waals surface area contributed by atoms with Crippen LogP contribution in [-0.4, -0.2) is 61.1 Å². The molecule has 0 bridgehead atoms. The molecule has 28 heavy (non-hydrogen) atoms. The van der Waals surface area contributed by atoms with Crippen molar-refractivity contribution in [3.63, 3.8) is 0 Å². The third-order valence-electron chi connectivity index (χ3n) is 6.75. The molecule has 1 spiro atoms. The largest absolute Gasteiger partial charge is 0.459 e. The summed E-state index contributed by atoms with van der Waals surface area (Å²) >= 11 is 2.75. The number of epoxide rings is 1.